The van der Waals surface area contributed by atoms with Crippen LogP contribution in [-0.4, -0.2) is 25.6 Å². The number of anilines is 2. The van der Waals surface area contributed by atoms with E-state index in [1.54, 1.807) is 6.20 Å². The number of nitrogens with one attached hydrogen (secondary N) is 2. The molecule has 0 saturated carbocycles. The van der Waals surface area contributed by atoms with Gasteiger partial charge in [-0.05, 0) is 86.2 Å². The molecule has 2 N–H and O–H groups in total. The Bertz CT molecular complexity index is 1430. The molecule has 37 heavy (non-hydrogen) atoms. The van der Waals surface area contributed by atoms with E-state index in [1.165, 1.54) is 0 Å². The molecular weight excluding hydrogens is 480 g/mol. The van der Waals surface area contributed by atoms with Crippen molar-refractivity contribution in [3.05, 3.63) is 102 Å². The molecule has 0 radical (unpaired) electrons. The Labute approximate surface area is 222 Å². The van der Waals surface area contributed by atoms with Crippen molar-refractivity contribution in [2.45, 2.75) is 39.8 Å². The molecule has 1 aromatic carbocycles. The first-order chi connectivity index (χ1) is 17.8. The highest BCUT2D eigenvalue weighted by Crippen LogP contribution is 2.43. The number of nitrogens with zero attached hydrogens (tertiary/aromatic N) is 4. The molecule has 1 fully saturated rings. The first-order valence-corrected chi connectivity index (χ1v) is 12.8. The van der Waals surface area contributed by atoms with E-state index in [4.69, 9.17) is 12.2 Å². The highest BCUT2D eigenvalue weighted by atomic mass is 32.1. The van der Waals surface area contributed by atoms with Gasteiger partial charge < -0.3 is 20.1 Å². The van der Waals surface area contributed by atoms with E-state index in [1.807, 2.05) is 69.6 Å². The van der Waals surface area contributed by atoms with Crippen LogP contribution in [-0.2, 0) is 4.79 Å². The van der Waals surface area contributed by atoms with Gasteiger partial charge in [-0.1, -0.05) is 19.9 Å². The lowest BCUT2D eigenvalue weighted by atomic mass is 10.0. The molecule has 5 rings (SSSR count). The fourth-order valence-corrected chi connectivity index (χ4v) is 5.12. The van der Waals surface area contributed by atoms with E-state index in [9.17, 15) is 4.79 Å². The summed E-state index contributed by atoms with van der Waals surface area (Å²) in [5, 5.41) is 7.18. The van der Waals surface area contributed by atoms with Crippen LogP contribution in [0, 0.1) is 19.8 Å². The maximum Gasteiger partial charge on any atom is 0.226 e. The van der Waals surface area contributed by atoms with Crippen LogP contribution < -0.4 is 15.5 Å². The molecule has 1 amide bonds. The second-order valence-electron chi connectivity index (χ2n) is 9.59. The molecule has 4 heterocycles. The van der Waals surface area contributed by atoms with Gasteiger partial charge in [-0.25, -0.2) is 0 Å². The predicted octanol–water partition coefficient (Wildman–Crippen LogP) is 5.66. The van der Waals surface area contributed by atoms with Gasteiger partial charge in [0.15, 0.2) is 5.11 Å². The van der Waals surface area contributed by atoms with Gasteiger partial charge in [-0.2, -0.15) is 0 Å². The summed E-state index contributed by atoms with van der Waals surface area (Å²) in [6.07, 6.45) is 5.45. The third kappa shape index (κ3) is 4.72. The number of carbonyl (C=O) groups excluding carboxylic acids is 1. The quantitative estimate of drug-likeness (QED) is 0.326. The van der Waals surface area contributed by atoms with Crippen molar-refractivity contribution < 1.29 is 4.79 Å². The van der Waals surface area contributed by atoms with Crippen molar-refractivity contribution in [3.63, 3.8) is 0 Å². The molecule has 8 heteroatoms. The monoisotopic (exact) mass is 510 g/mol. The first kappa shape index (κ1) is 24.6. The third-order valence-electron chi connectivity index (χ3n) is 6.68. The summed E-state index contributed by atoms with van der Waals surface area (Å²) in [7, 11) is 0. The van der Waals surface area contributed by atoms with Crippen LogP contribution in [0.2, 0.25) is 0 Å². The SMILES string of the molecule is Cc1cc(N2C(=S)N[C@H](c3ccccn3)[C@@H]2c2ccc(C)n2-c2cccnc2)ccc1NC(=O)C(C)C. The predicted molar refractivity (Wildman–Crippen MR) is 151 cm³/mol. The van der Waals surface area contributed by atoms with Gasteiger partial charge in [-0.15, -0.1) is 0 Å². The molecule has 188 valence electrons. The fourth-order valence-electron chi connectivity index (χ4n) is 4.78. The van der Waals surface area contributed by atoms with Crippen LogP contribution in [0.25, 0.3) is 5.69 Å². The van der Waals surface area contributed by atoms with Crippen LogP contribution in [0.4, 0.5) is 11.4 Å². The van der Waals surface area contributed by atoms with Crippen molar-refractivity contribution in [1.29, 1.82) is 0 Å². The molecule has 2 atom stereocenters. The van der Waals surface area contributed by atoms with Crippen LogP contribution in [0.3, 0.4) is 0 Å². The van der Waals surface area contributed by atoms with Crippen LogP contribution in [0.5, 0.6) is 0 Å². The number of hydrogen-bond acceptors (Lipinski definition) is 4. The molecule has 0 unspecified atom stereocenters. The molecule has 0 bridgehead atoms. The first-order valence-electron chi connectivity index (χ1n) is 12.4. The number of benzene rings is 1. The zero-order valence-electron chi connectivity index (χ0n) is 21.3. The van der Waals surface area contributed by atoms with Crippen molar-refractivity contribution in [2.75, 3.05) is 10.2 Å². The Hall–Kier alpha value is -4.04. The molecule has 0 aliphatic carbocycles. The van der Waals surface area contributed by atoms with Crippen LogP contribution >= 0.6 is 12.2 Å². The molecule has 1 aliphatic rings. The third-order valence-corrected chi connectivity index (χ3v) is 7.00. The van der Waals surface area contributed by atoms with E-state index in [0.29, 0.717) is 5.11 Å². The molecular formula is C29H30N6OS. The standard InChI is InChI=1S/C29H30N6OS/c1-18(2)28(36)32-23-12-11-21(16-19(23)3)35-27(26(33-29(35)37)24-9-5-6-15-31-24)25-13-10-20(4)34(25)22-8-7-14-30-17-22/h5-18,26-27H,1-4H3,(H,32,36)(H,33,37)/t26-,27+/m1/s1. The number of thiocarbonyl (C=S) groups is 1. The van der Waals surface area contributed by atoms with E-state index in [0.717, 1.165) is 39.7 Å². The minimum Gasteiger partial charge on any atom is -0.351 e. The maximum absolute atomic E-state index is 12.3. The van der Waals surface area contributed by atoms with Crippen molar-refractivity contribution in [2.24, 2.45) is 5.92 Å². The number of carbonyl (C=O) groups is 1. The number of hydrogen-bond donors (Lipinski definition) is 2. The van der Waals surface area contributed by atoms with Crippen LogP contribution in [0.15, 0.2) is 79.3 Å². The fraction of sp³-hybridized carbons (Fsp3) is 0.241. The lowest BCUT2D eigenvalue weighted by Gasteiger charge is -2.29. The summed E-state index contributed by atoms with van der Waals surface area (Å²) in [5.74, 6) is -0.103. The van der Waals surface area contributed by atoms with Gasteiger partial charge >= 0.3 is 0 Å². The Morgan fingerprint density at radius 3 is 2.54 bits per heavy atom. The molecule has 1 aliphatic heterocycles. The number of amides is 1. The van der Waals surface area contributed by atoms with Crippen molar-refractivity contribution in [1.82, 2.24) is 19.9 Å². The van der Waals surface area contributed by atoms with Gasteiger partial charge in [0.25, 0.3) is 0 Å². The Morgan fingerprint density at radius 1 is 1.03 bits per heavy atom. The van der Waals surface area contributed by atoms with E-state index in [-0.39, 0.29) is 23.9 Å². The summed E-state index contributed by atoms with van der Waals surface area (Å²) < 4.78 is 2.22. The maximum atomic E-state index is 12.3. The smallest absolute Gasteiger partial charge is 0.226 e. The lowest BCUT2D eigenvalue weighted by molar-refractivity contribution is -0.118. The highest BCUT2D eigenvalue weighted by molar-refractivity contribution is 7.80. The summed E-state index contributed by atoms with van der Waals surface area (Å²) in [6.45, 7) is 7.86. The summed E-state index contributed by atoms with van der Waals surface area (Å²) in [5.41, 5.74) is 6.78. The lowest BCUT2D eigenvalue weighted by Crippen LogP contribution is -2.30. The molecule has 4 aromatic rings. The number of rotatable bonds is 6. The molecule has 0 spiro atoms. The Kier molecular flexibility index (Phi) is 6.76. The van der Waals surface area contributed by atoms with Gasteiger partial charge in [0, 0.05) is 41.1 Å². The van der Waals surface area contributed by atoms with Crippen LogP contribution in [0.1, 0.15) is 48.6 Å². The second kappa shape index (κ2) is 10.1. The minimum atomic E-state index is -0.174. The van der Waals surface area contributed by atoms with Gasteiger partial charge in [0.05, 0.1) is 23.6 Å². The molecule has 7 nitrogen and oxygen atoms in total. The number of aryl methyl sites for hydroxylation is 2. The number of pyridine rings is 2. The Balaban J connectivity index is 1.62. The normalized spacial score (nSPS) is 17.2. The average molecular weight is 511 g/mol. The van der Waals surface area contributed by atoms with E-state index in [2.05, 4.69) is 61.3 Å². The summed E-state index contributed by atoms with van der Waals surface area (Å²) in [6, 6.07) is 19.9. The van der Waals surface area contributed by atoms with E-state index >= 15 is 0 Å². The van der Waals surface area contributed by atoms with Crippen molar-refractivity contribution >= 4 is 34.6 Å². The van der Waals surface area contributed by atoms with Gasteiger partial charge in [-0.3, -0.25) is 14.8 Å². The largest absolute Gasteiger partial charge is 0.351 e. The molecule has 1 saturated heterocycles. The van der Waals surface area contributed by atoms with Gasteiger partial charge in [0.1, 0.15) is 6.04 Å². The second-order valence-corrected chi connectivity index (χ2v) is 9.97. The minimum absolute atomic E-state index is 0.00734. The Morgan fingerprint density at radius 2 is 1.86 bits per heavy atom. The number of aromatic nitrogens is 3. The summed E-state index contributed by atoms with van der Waals surface area (Å²) in [4.78, 5) is 23.5. The topological polar surface area (TPSA) is 75.1 Å². The zero-order chi connectivity index (χ0) is 26.1. The van der Waals surface area contributed by atoms with Crippen molar-refractivity contribution in [3.8, 4) is 5.69 Å². The van der Waals surface area contributed by atoms with E-state index < -0.39 is 0 Å². The van der Waals surface area contributed by atoms with Gasteiger partial charge in [0.2, 0.25) is 5.91 Å². The summed E-state index contributed by atoms with van der Waals surface area (Å²) >= 11 is 5.92. The average Bonchev–Trinajstić information content (AvgIpc) is 3.45. The molecule has 3 aromatic heterocycles. The highest BCUT2D eigenvalue weighted by Gasteiger charge is 2.42. The zero-order valence-corrected chi connectivity index (χ0v) is 22.2.